The first kappa shape index (κ1) is 13.5. The van der Waals surface area contributed by atoms with Gasteiger partial charge in [0.05, 0.1) is 0 Å². The molecule has 4 nitrogen and oxygen atoms in total. The minimum atomic E-state index is 0.0460. The largest absolute Gasteiger partial charge is 0.338 e. The fourth-order valence-corrected chi connectivity index (χ4v) is 3.15. The molecule has 0 bridgehead atoms. The van der Waals surface area contributed by atoms with Gasteiger partial charge in [0, 0.05) is 23.7 Å². The van der Waals surface area contributed by atoms with Crippen molar-refractivity contribution in [3.05, 3.63) is 34.2 Å². The minimum absolute atomic E-state index is 0.0460. The molecular formula is C14H14ClN3OS. The summed E-state index contributed by atoms with van der Waals surface area (Å²) in [7, 11) is 0. The van der Waals surface area contributed by atoms with E-state index in [0.717, 1.165) is 31.5 Å². The number of hydrogen-bond donors (Lipinski definition) is 0. The van der Waals surface area contributed by atoms with Crippen LogP contribution in [0.1, 0.15) is 28.9 Å². The number of piperidine rings is 1. The Hall–Kier alpha value is -1.46. The van der Waals surface area contributed by atoms with Gasteiger partial charge in [-0.2, -0.15) is 0 Å². The minimum Gasteiger partial charge on any atom is -0.338 e. The maximum absolute atomic E-state index is 12.6. The van der Waals surface area contributed by atoms with E-state index < -0.39 is 0 Å². The number of carbonyl (C=O) groups excluding carboxylic acids is 1. The summed E-state index contributed by atoms with van der Waals surface area (Å²) in [5.41, 5.74) is 1.53. The molecule has 1 aliphatic rings. The summed E-state index contributed by atoms with van der Waals surface area (Å²) < 4.78 is 3.95. The second-order valence-electron chi connectivity index (χ2n) is 4.81. The summed E-state index contributed by atoms with van der Waals surface area (Å²) in [6.45, 7) is 1.66. The molecule has 1 amide bonds. The summed E-state index contributed by atoms with van der Waals surface area (Å²) in [4.78, 5) is 15.1. The number of rotatable bonds is 2. The van der Waals surface area contributed by atoms with Crippen molar-refractivity contribution in [3.63, 3.8) is 0 Å². The van der Waals surface area contributed by atoms with Crippen LogP contribution in [0.2, 0.25) is 5.02 Å². The molecule has 3 rings (SSSR count). The van der Waals surface area contributed by atoms with E-state index in [2.05, 4.69) is 9.59 Å². The van der Waals surface area contributed by atoms with E-state index >= 15 is 0 Å². The van der Waals surface area contributed by atoms with Crippen LogP contribution < -0.4 is 0 Å². The summed E-state index contributed by atoms with van der Waals surface area (Å²) in [6, 6.07) is 7.33. The van der Waals surface area contributed by atoms with Crippen LogP contribution >= 0.6 is 23.1 Å². The molecule has 20 heavy (non-hydrogen) atoms. The highest BCUT2D eigenvalue weighted by Crippen LogP contribution is 2.27. The normalized spacial score (nSPS) is 15.3. The van der Waals surface area contributed by atoms with Crippen LogP contribution in [0.5, 0.6) is 0 Å². The molecule has 104 valence electrons. The highest BCUT2D eigenvalue weighted by Gasteiger charge is 2.24. The molecule has 0 spiro atoms. The number of benzene rings is 1. The van der Waals surface area contributed by atoms with Crippen molar-refractivity contribution in [1.29, 1.82) is 0 Å². The van der Waals surface area contributed by atoms with Crippen LogP contribution in [0.25, 0.3) is 11.3 Å². The van der Waals surface area contributed by atoms with Crippen LogP contribution in [0.15, 0.2) is 24.3 Å². The number of halogens is 1. The molecule has 1 aromatic heterocycles. The number of aromatic nitrogens is 2. The molecule has 0 radical (unpaired) electrons. The average Bonchev–Trinajstić information content (AvgIpc) is 2.97. The lowest BCUT2D eigenvalue weighted by atomic mass is 10.1. The molecule has 2 heterocycles. The third kappa shape index (κ3) is 2.69. The van der Waals surface area contributed by atoms with Gasteiger partial charge < -0.3 is 4.90 Å². The molecule has 0 atom stereocenters. The number of nitrogens with zero attached hydrogens (tertiary/aromatic N) is 3. The van der Waals surface area contributed by atoms with E-state index in [0.29, 0.717) is 15.6 Å². The van der Waals surface area contributed by atoms with E-state index in [9.17, 15) is 4.79 Å². The highest BCUT2D eigenvalue weighted by molar-refractivity contribution is 7.08. The van der Waals surface area contributed by atoms with Crippen molar-refractivity contribution in [2.24, 2.45) is 0 Å². The highest BCUT2D eigenvalue weighted by atomic mass is 35.5. The van der Waals surface area contributed by atoms with Crippen LogP contribution in [0.4, 0.5) is 0 Å². The third-order valence-corrected chi connectivity index (χ3v) is 4.41. The van der Waals surface area contributed by atoms with Gasteiger partial charge in [-0.1, -0.05) is 28.2 Å². The Bertz CT molecular complexity index is 605. The van der Waals surface area contributed by atoms with Gasteiger partial charge in [-0.25, -0.2) is 0 Å². The van der Waals surface area contributed by atoms with E-state index in [1.54, 1.807) is 12.1 Å². The van der Waals surface area contributed by atoms with Gasteiger partial charge in [0.25, 0.3) is 5.91 Å². The number of hydrogen-bond acceptors (Lipinski definition) is 4. The molecule has 6 heteroatoms. The summed E-state index contributed by atoms with van der Waals surface area (Å²) in [6.07, 6.45) is 3.36. The molecule has 0 unspecified atom stereocenters. The van der Waals surface area contributed by atoms with Gasteiger partial charge in [-0.3, -0.25) is 4.79 Å². The molecule has 0 saturated carbocycles. The maximum Gasteiger partial charge on any atom is 0.267 e. The van der Waals surface area contributed by atoms with Gasteiger partial charge in [-0.05, 0) is 42.9 Å². The van der Waals surface area contributed by atoms with E-state index in [1.807, 2.05) is 17.0 Å². The smallest absolute Gasteiger partial charge is 0.267 e. The van der Waals surface area contributed by atoms with Crippen molar-refractivity contribution < 1.29 is 4.79 Å². The van der Waals surface area contributed by atoms with E-state index in [-0.39, 0.29) is 5.91 Å². The molecule has 1 aliphatic heterocycles. The van der Waals surface area contributed by atoms with Crippen LogP contribution in [0, 0.1) is 0 Å². The predicted octanol–water partition coefficient (Wildman–Crippen LogP) is 3.48. The fraction of sp³-hybridized carbons (Fsp3) is 0.357. The number of likely N-dealkylation sites (tertiary alicyclic amines) is 1. The van der Waals surface area contributed by atoms with Crippen LogP contribution in [-0.4, -0.2) is 33.5 Å². The molecule has 1 fully saturated rings. The average molecular weight is 308 g/mol. The molecule has 0 N–H and O–H groups in total. The Kier molecular flexibility index (Phi) is 3.98. The molecule has 0 aliphatic carbocycles. The molecular weight excluding hydrogens is 294 g/mol. The predicted molar refractivity (Wildman–Crippen MR) is 80.1 cm³/mol. The van der Waals surface area contributed by atoms with Crippen molar-refractivity contribution in [2.75, 3.05) is 13.1 Å². The lowest BCUT2D eigenvalue weighted by Gasteiger charge is -2.26. The Morgan fingerprint density at radius 3 is 2.55 bits per heavy atom. The zero-order chi connectivity index (χ0) is 13.9. The summed E-state index contributed by atoms with van der Waals surface area (Å²) >= 11 is 7.05. The summed E-state index contributed by atoms with van der Waals surface area (Å²) in [5.74, 6) is 0.0460. The van der Waals surface area contributed by atoms with Crippen LogP contribution in [0.3, 0.4) is 0 Å². The Morgan fingerprint density at radius 2 is 1.85 bits per heavy atom. The first-order chi connectivity index (χ1) is 9.75. The molecule has 2 aromatic rings. The number of carbonyl (C=O) groups is 1. The standard InChI is InChI=1S/C14H14ClN3OS/c15-11-6-4-10(5-7-11)12-13(20-17-16-12)14(19)18-8-2-1-3-9-18/h4-7H,1-3,8-9H2. The van der Waals surface area contributed by atoms with Crippen LogP contribution in [-0.2, 0) is 0 Å². The fourth-order valence-electron chi connectivity index (χ4n) is 2.37. The Balaban J connectivity index is 1.89. The lowest BCUT2D eigenvalue weighted by Crippen LogP contribution is -2.35. The zero-order valence-corrected chi connectivity index (χ0v) is 12.5. The number of amides is 1. The molecule has 1 aromatic carbocycles. The van der Waals surface area contributed by atoms with Gasteiger partial charge in [0.1, 0.15) is 10.6 Å². The SMILES string of the molecule is O=C(c1snnc1-c1ccc(Cl)cc1)N1CCCCC1. The molecule has 1 saturated heterocycles. The van der Waals surface area contributed by atoms with Crippen molar-refractivity contribution in [1.82, 2.24) is 14.5 Å². The van der Waals surface area contributed by atoms with Gasteiger partial charge in [0.2, 0.25) is 0 Å². The third-order valence-electron chi connectivity index (χ3n) is 3.44. The first-order valence-electron chi connectivity index (χ1n) is 6.63. The quantitative estimate of drug-likeness (QED) is 0.853. The van der Waals surface area contributed by atoms with Gasteiger partial charge in [0.15, 0.2) is 0 Å². The maximum atomic E-state index is 12.6. The lowest BCUT2D eigenvalue weighted by molar-refractivity contribution is 0.0730. The topological polar surface area (TPSA) is 46.1 Å². The van der Waals surface area contributed by atoms with Crippen molar-refractivity contribution >= 4 is 29.0 Å². The van der Waals surface area contributed by atoms with Gasteiger partial charge >= 0.3 is 0 Å². The Morgan fingerprint density at radius 1 is 1.15 bits per heavy atom. The first-order valence-corrected chi connectivity index (χ1v) is 7.78. The summed E-state index contributed by atoms with van der Waals surface area (Å²) in [5, 5.41) is 4.78. The van der Waals surface area contributed by atoms with Crippen molar-refractivity contribution in [2.45, 2.75) is 19.3 Å². The zero-order valence-electron chi connectivity index (χ0n) is 10.9. The van der Waals surface area contributed by atoms with Crippen molar-refractivity contribution in [3.8, 4) is 11.3 Å². The Labute approximate surface area is 126 Å². The monoisotopic (exact) mass is 307 g/mol. The van der Waals surface area contributed by atoms with E-state index in [4.69, 9.17) is 11.6 Å². The van der Waals surface area contributed by atoms with Gasteiger partial charge in [-0.15, -0.1) is 5.10 Å². The van der Waals surface area contributed by atoms with E-state index in [1.165, 1.54) is 18.0 Å². The second kappa shape index (κ2) is 5.89. The second-order valence-corrected chi connectivity index (χ2v) is 6.00.